The van der Waals surface area contributed by atoms with Crippen LogP contribution in [0.15, 0.2) is 10.5 Å². The van der Waals surface area contributed by atoms with Crippen molar-refractivity contribution in [3.05, 3.63) is 11.1 Å². The van der Waals surface area contributed by atoms with Crippen molar-refractivity contribution in [2.24, 2.45) is 5.16 Å². The van der Waals surface area contributed by atoms with Crippen molar-refractivity contribution < 1.29 is 61.7 Å². The van der Waals surface area contributed by atoms with Gasteiger partial charge in [0.15, 0.2) is 21.1 Å². The topological polar surface area (TPSA) is 176 Å². The molecule has 1 unspecified atom stereocenters. The molecule has 0 aromatic carbocycles. The Morgan fingerprint density at radius 3 is 2.59 bits per heavy atom. The number of β-lactam (4-membered cyclic amide) rings is 1. The van der Waals surface area contributed by atoms with Gasteiger partial charge in [-0.1, -0.05) is 5.16 Å². The van der Waals surface area contributed by atoms with Gasteiger partial charge < -0.3 is 25.2 Å². The van der Waals surface area contributed by atoms with E-state index in [-0.39, 0.29) is 56.5 Å². The Kier molecular flexibility index (Phi) is 7.75. The van der Waals surface area contributed by atoms with Crippen LogP contribution in [0.3, 0.4) is 0 Å². The number of nitrogen functional groups attached to an aromatic ring is 1. The Bertz CT molecular complexity index is 856. The summed E-state index contributed by atoms with van der Waals surface area (Å²) in [4.78, 5) is 33.6. The molecule has 1 aliphatic heterocycles. The number of rotatable bonds is 7. The summed E-state index contributed by atoms with van der Waals surface area (Å²) in [5, 5.41) is 7.56. The van der Waals surface area contributed by atoms with Gasteiger partial charge in [-0.05, 0) is 13.8 Å². The van der Waals surface area contributed by atoms with Crippen LogP contribution in [-0.4, -0.2) is 65.3 Å². The number of nitrogens with one attached hydrogen (secondary N) is 1. The zero-order valence-electron chi connectivity index (χ0n) is 15.0. The maximum atomic E-state index is 12.6. The summed E-state index contributed by atoms with van der Waals surface area (Å²) in [6.07, 6.45) is -0.350. The van der Waals surface area contributed by atoms with E-state index in [0.717, 1.165) is 18.4 Å². The molecule has 2 amide bonds. The van der Waals surface area contributed by atoms with E-state index in [1.165, 1.54) is 5.38 Å². The van der Waals surface area contributed by atoms with E-state index < -0.39 is 34.4 Å². The van der Waals surface area contributed by atoms with Crippen molar-refractivity contribution >= 4 is 44.3 Å². The number of carbonyl (C=O) groups excluding carboxylic acids is 2. The third-order valence-corrected chi connectivity index (χ3v) is 4.72. The average molecular weight is 429 g/mol. The van der Waals surface area contributed by atoms with Crippen molar-refractivity contribution in [2.45, 2.75) is 25.7 Å². The molecular formula is C12H16N5NaO7S2. The number of nitrogens with two attached hydrogens (primary N) is 1. The van der Waals surface area contributed by atoms with E-state index in [9.17, 15) is 22.6 Å². The van der Waals surface area contributed by atoms with Crippen LogP contribution in [0.5, 0.6) is 0 Å². The molecule has 0 aliphatic carbocycles. The zero-order chi connectivity index (χ0) is 19.7. The van der Waals surface area contributed by atoms with Crippen LogP contribution in [0.1, 0.15) is 19.5 Å². The van der Waals surface area contributed by atoms with Gasteiger partial charge in [0.05, 0.1) is 6.54 Å². The number of oxime groups is 1. The molecule has 1 atom stereocenters. The first-order valence-corrected chi connectivity index (χ1v) is 9.35. The average Bonchev–Trinajstić information content (AvgIpc) is 2.95. The quantitative estimate of drug-likeness (QED) is 0.108. The number of methoxy groups -OCH3 is 1. The summed E-state index contributed by atoms with van der Waals surface area (Å²) in [6, 6.07) is 0. The van der Waals surface area contributed by atoms with Gasteiger partial charge in [-0.25, -0.2) is 17.7 Å². The van der Waals surface area contributed by atoms with Crippen LogP contribution >= 0.6 is 11.3 Å². The summed E-state index contributed by atoms with van der Waals surface area (Å²) >= 11 is 1.06. The van der Waals surface area contributed by atoms with E-state index in [0.29, 0.717) is 0 Å². The molecule has 3 N–H and O–H groups in total. The smallest absolute Gasteiger partial charge is 0.731 e. The van der Waals surface area contributed by atoms with Crippen molar-refractivity contribution in [3.63, 3.8) is 0 Å². The summed E-state index contributed by atoms with van der Waals surface area (Å²) in [5.74, 6) is -2.14. The Morgan fingerprint density at radius 1 is 1.56 bits per heavy atom. The fraction of sp³-hybridized carbons (Fsp3) is 0.500. The molecule has 0 saturated carbocycles. The minimum absolute atomic E-state index is 0. The largest absolute Gasteiger partial charge is 1.00 e. The van der Waals surface area contributed by atoms with Crippen LogP contribution in [0.4, 0.5) is 5.13 Å². The second-order valence-electron chi connectivity index (χ2n) is 5.42. The predicted molar refractivity (Wildman–Crippen MR) is 88.6 cm³/mol. The molecule has 27 heavy (non-hydrogen) atoms. The molecule has 144 valence electrons. The summed E-state index contributed by atoms with van der Waals surface area (Å²) in [7, 11) is -3.92. The van der Waals surface area contributed by atoms with E-state index in [4.69, 9.17) is 15.3 Å². The number of ether oxygens (including phenoxy) is 1. The molecule has 0 spiro atoms. The van der Waals surface area contributed by atoms with Crippen LogP contribution < -0.4 is 40.6 Å². The number of amides is 2. The van der Waals surface area contributed by atoms with Gasteiger partial charge >= 0.3 is 29.6 Å². The third kappa shape index (κ3) is 5.16. The predicted octanol–water partition coefficient (Wildman–Crippen LogP) is -4.38. The van der Waals surface area contributed by atoms with Gasteiger partial charge in [-0.2, -0.15) is 0 Å². The minimum Gasteiger partial charge on any atom is -0.731 e. The molecule has 15 heteroatoms. The molecule has 12 nitrogen and oxygen atoms in total. The molecule has 1 saturated heterocycles. The second-order valence-corrected chi connectivity index (χ2v) is 7.61. The monoisotopic (exact) mass is 429 g/mol. The fourth-order valence-electron chi connectivity index (χ4n) is 1.93. The van der Waals surface area contributed by atoms with Crippen LogP contribution in [0.25, 0.3) is 0 Å². The number of nitrogens with zero attached hydrogens (tertiary/aromatic N) is 3. The van der Waals surface area contributed by atoms with E-state index in [1.54, 1.807) is 13.8 Å². The molecule has 1 aliphatic rings. The zero-order valence-corrected chi connectivity index (χ0v) is 18.6. The Hall–Kier alpha value is -1.29. The van der Waals surface area contributed by atoms with Gasteiger partial charge in [0.2, 0.25) is 5.72 Å². The first-order chi connectivity index (χ1) is 12.0. The van der Waals surface area contributed by atoms with Crippen LogP contribution in [0.2, 0.25) is 0 Å². The Balaban J connectivity index is 0.00000364. The number of anilines is 1. The second kappa shape index (κ2) is 8.81. The molecular weight excluding hydrogens is 413 g/mol. The molecule has 1 aromatic heterocycles. The number of hydrogen-bond donors (Lipinski definition) is 2. The van der Waals surface area contributed by atoms with Crippen molar-refractivity contribution in [1.29, 1.82) is 0 Å². The molecule has 2 rings (SSSR count). The third-order valence-electron chi connectivity index (χ3n) is 3.21. The molecule has 0 radical (unpaired) electrons. The van der Waals surface area contributed by atoms with Crippen molar-refractivity contribution in [1.82, 2.24) is 14.6 Å². The Morgan fingerprint density at radius 2 is 2.19 bits per heavy atom. The first-order valence-electron chi connectivity index (χ1n) is 7.11. The van der Waals surface area contributed by atoms with E-state index in [2.05, 4.69) is 15.5 Å². The summed E-state index contributed by atoms with van der Waals surface area (Å²) in [5.41, 5.74) is 3.34. The number of thiazole rings is 1. The fourth-order valence-corrected chi connectivity index (χ4v) is 3.17. The molecule has 1 aromatic rings. The van der Waals surface area contributed by atoms with Crippen LogP contribution in [-0.2, 0) is 29.5 Å². The Labute approximate surface area is 181 Å². The maximum Gasteiger partial charge on any atom is 1.00 e. The van der Waals surface area contributed by atoms with Gasteiger partial charge in [0.25, 0.3) is 11.8 Å². The number of carbonyl (C=O) groups is 2. The van der Waals surface area contributed by atoms with Crippen molar-refractivity contribution in [3.8, 4) is 0 Å². The number of hydrogen-bond acceptors (Lipinski definition) is 11. The van der Waals surface area contributed by atoms with Crippen molar-refractivity contribution in [2.75, 3.05) is 19.4 Å². The molecule has 2 heterocycles. The van der Waals surface area contributed by atoms with Gasteiger partial charge in [0.1, 0.15) is 11.8 Å². The minimum atomic E-state index is -5.00. The van der Waals surface area contributed by atoms with Gasteiger partial charge in [-0.15, -0.1) is 11.3 Å². The van der Waals surface area contributed by atoms with Gasteiger partial charge in [-0.3, -0.25) is 9.59 Å². The first kappa shape index (κ1) is 23.7. The normalized spacial score (nSPS) is 20.1. The molecule has 0 bridgehead atoms. The standard InChI is InChI=1S/C12H17N5O7S2.Na/c1-6(2)24-16-8(7-4-25-11(13)14-7)9(18)15-12(23-3)5-17(10(12)19)26(20,21)22;/h4,6H,5H2,1-3H3,(H2,13,14)(H,15,18)(H,20,21,22);/q;+1/p-1. The summed E-state index contributed by atoms with van der Waals surface area (Å²) in [6.45, 7) is 2.69. The van der Waals surface area contributed by atoms with E-state index >= 15 is 0 Å². The SMILES string of the molecule is COC1(NC(=O)C(=NOC(C)C)c2csc(N)n2)CN(S(=O)(=O)[O-])C1=O.[Na+]. The van der Waals surface area contributed by atoms with Gasteiger partial charge in [0, 0.05) is 12.5 Å². The van der Waals surface area contributed by atoms with Crippen LogP contribution in [0, 0.1) is 0 Å². The molecule has 1 fully saturated rings. The van der Waals surface area contributed by atoms with E-state index in [1.807, 2.05) is 0 Å². The number of aromatic nitrogens is 1. The maximum absolute atomic E-state index is 12.6. The summed E-state index contributed by atoms with van der Waals surface area (Å²) < 4.78 is 37.9.